The van der Waals surface area contributed by atoms with Crippen molar-refractivity contribution in [3.63, 3.8) is 0 Å². The lowest BCUT2D eigenvalue weighted by Gasteiger charge is -2.03. The van der Waals surface area contributed by atoms with Crippen LogP contribution in [0, 0.1) is 10.1 Å². The van der Waals surface area contributed by atoms with Gasteiger partial charge in [0.05, 0.1) is 10.4 Å². The number of nitrogens with one attached hydrogen (secondary N) is 1. The van der Waals surface area contributed by atoms with E-state index in [2.05, 4.69) is 17.1 Å². The van der Waals surface area contributed by atoms with E-state index < -0.39 is 0 Å². The zero-order valence-electron chi connectivity index (χ0n) is 11.6. The van der Waals surface area contributed by atoms with Crippen LogP contribution < -0.4 is 0 Å². The molecule has 0 amide bonds. The molecular weight excluding hydrogens is 276 g/mol. The Bertz CT molecular complexity index is 1020. The van der Waals surface area contributed by atoms with Gasteiger partial charge in [0, 0.05) is 34.0 Å². The first-order chi connectivity index (χ1) is 10.7. The molecule has 0 unspecified atom stereocenters. The van der Waals surface area contributed by atoms with Crippen LogP contribution in [-0.4, -0.2) is 9.91 Å². The molecule has 1 N–H and O–H groups in total. The predicted molar refractivity (Wildman–Crippen MR) is 87.9 cm³/mol. The molecule has 0 aliphatic rings. The van der Waals surface area contributed by atoms with E-state index in [1.165, 1.54) is 6.07 Å². The Kier molecular flexibility index (Phi) is 2.69. The van der Waals surface area contributed by atoms with Gasteiger partial charge in [-0.15, -0.1) is 0 Å². The fourth-order valence-corrected chi connectivity index (χ4v) is 2.90. The molecule has 0 spiro atoms. The number of nitro benzene ring substituents is 1. The van der Waals surface area contributed by atoms with Gasteiger partial charge in [-0.05, 0) is 11.6 Å². The Morgan fingerprint density at radius 2 is 1.64 bits per heavy atom. The first kappa shape index (κ1) is 12.6. The maximum Gasteiger partial charge on any atom is 0.270 e. The summed E-state index contributed by atoms with van der Waals surface area (Å²) in [7, 11) is 0. The normalized spacial score (nSPS) is 11.1. The molecule has 1 aromatic heterocycles. The summed E-state index contributed by atoms with van der Waals surface area (Å²) in [6.07, 6.45) is 0. The molecule has 3 aromatic carbocycles. The second-order valence-corrected chi connectivity index (χ2v) is 5.21. The molecule has 0 aliphatic heterocycles. The summed E-state index contributed by atoms with van der Waals surface area (Å²) in [4.78, 5) is 14.0. The summed E-state index contributed by atoms with van der Waals surface area (Å²) < 4.78 is 0. The summed E-state index contributed by atoms with van der Waals surface area (Å²) in [5.41, 5.74) is 3.98. The van der Waals surface area contributed by atoms with E-state index in [9.17, 15) is 10.1 Å². The van der Waals surface area contributed by atoms with Crippen LogP contribution in [0.2, 0.25) is 0 Å². The fraction of sp³-hybridized carbons (Fsp3) is 0. The van der Waals surface area contributed by atoms with Crippen LogP contribution in [0.1, 0.15) is 0 Å². The maximum atomic E-state index is 11.0. The van der Waals surface area contributed by atoms with Gasteiger partial charge in [-0.2, -0.15) is 0 Å². The number of hydrogen-bond acceptors (Lipinski definition) is 2. The molecule has 0 fully saturated rings. The van der Waals surface area contributed by atoms with E-state index in [0.717, 1.165) is 32.9 Å². The molecular formula is C18H12N2O2. The number of fused-ring (bicyclic) bond motifs is 3. The number of hydrogen-bond donors (Lipinski definition) is 1. The molecule has 22 heavy (non-hydrogen) atoms. The van der Waals surface area contributed by atoms with Gasteiger partial charge in [-0.25, -0.2) is 0 Å². The van der Waals surface area contributed by atoms with Crippen molar-refractivity contribution in [3.05, 3.63) is 76.8 Å². The van der Waals surface area contributed by atoms with Gasteiger partial charge in [-0.1, -0.05) is 48.5 Å². The van der Waals surface area contributed by atoms with Gasteiger partial charge in [0.1, 0.15) is 0 Å². The summed E-state index contributed by atoms with van der Waals surface area (Å²) in [6.45, 7) is 0. The first-order valence-corrected chi connectivity index (χ1v) is 6.98. The third-order valence-electron chi connectivity index (χ3n) is 3.91. The largest absolute Gasteiger partial charge is 0.354 e. The molecule has 1 heterocycles. The molecule has 0 radical (unpaired) electrons. The number of nitrogens with zero attached hydrogens (tertiary/aromatic N) is 1. The van der Waals surface area contributed by atoms with Crippen LogP contribution >= 0.6 is 0 Å². The third-order valence-corrected chi connectivity index (χ3v) is 3.91. The van der Waals surface area contributed by atoms with Gasteiger partial charge in [0.15, 0.2) is 0 Å². The molecule has 4 rings (SSSR count). The van der Waals surface area contributed by atoms with Crippen LogP contribution in [0.25, 0.3) is 32.9 Å². The van der Waals surface area contributed by atoms with Crippen LogP contribution in [0.5, 0.6) is 0 Å². The number of benzene rings is 3. The Hall–Kier alpha value is -3.14. The molecule has 0 bridgehead atoms. The van der Waals surface area contributed by atoms with Crippen molar-refractivity contribution in [3.8, 4) is 11.1 Å². The molecule has 4 heteroatoms. The Morgan fingerprint density at radius 3 is 2.50 bits per heavy atom. The zero-order valence-corrected chi connectivity index (χ0v) is 11.6. The zero-order chi connectivity index (χ0) is 15.1. The minimum absolute atomic E-state index is 0.102. The smallest absolute Gasteiger partial charge is 0.270 e. The van der Waals surface area contributed by atoms with Gasteiger partial charge < -0.3 is 4.98 Å². The number of H-pyrrole nitrogens is 1. The minimum atomic E-state index is -0.366. The standard InChI is InChI=1S/C18H12N2O2/c21-20(22)13-6-3-5-12(11-13)14-8-4-9-16-15-7-1-2-10-17(15)19-18(14)16/h1-11,19H. The summed E-state index contributed by atoms with van der Waals surface area (Å²) in [5.74, 6) is 0. The van der Waals surface area contributed by atoms with E-state index in [-0.39, 0.29) is 10.6 Å². The van der Waals surface area contributed by atoms with Crippen LogP contribution in [0.15, 0.2) is 66.7 Å². The van der Waals surface area contributed by atoms with Crippen molar-refractivity contribution < 1.29 is 4.92 Å². The van der Waals surface area contributed by atoms with E-state index >= 15 is 0 Å². The first-order valence-electron chi connectivity index (χ1n) is 6.98. The lowest BCUT2D eigenvalue weighted by atomic mass is 10.0. The van der Waals surface area contributed by atoms with Crippen molar-refractivity contribution in [2.45, 2.75) is 0 Å². The number of aromatic amines is 1. The second kappa shape index (κ2) is 4.70. The van der Waals surface area contributed by atoms with E-state index in [1.807, 2.05) is 36.4 Å². The quantitative estimate of drug-likeness (QED) is 0.421. The van der Waals surface area contributed by atoms with E-state index in [1.54, 1.807) is 12.1 Å². The van der Waals surface area contributed by atoms with E-state index in [4.69, 9.17) is 0 Å². The summed E-state index contributed by atoms with van der Waals surface area (Å²) in [6, 6.07) is 20.9. The Labute approximate surface area is 126 Å². The third kappa shape index (κ3) is 1.85. The van der Waals surface area contributed by atoms with Gasteiger partial charge in [0.25, 0.3) is 5.69 Å². The predicted octanol–water partition coefficient (Wildman–Crippen LogP) is 4.90. The van der Waals surface area contributed by atoms with Crippen LogP contribution in [0.4, 0.5) is 5.69 Å². The number of para-hydroxylation sites is 2. The van der Waals surface area contributed by atoms with Crippen molar-refractivity contribution >= 4 is 27.5 Å². The highest BCUT2D eigenvalue weighted by molar-refractivity contribution is 6.11. The van der Waals surface area contributed by atoms with Gasteiger partial charge >= 0.3 is 0 Å². The van der Waals surface area contributed by atoms with Crippen molar-refractivity contribution in [1.29, 1.82) is 0 Å². The number of rotatable bonds is 2. The van der Waals surface area contributed by atoms with Gasteiger partial charge in [-0.3, -0.25) is 10.1 Å². The number of nitro groups is 1. The topological polar surface area (TPSA) is 58.9 Å². The molecule has 0 atom stereocenters. The summed E-state index contributed by atoms with van der Waals surface area (Å²) in [5, 5.41) is 13.3. The minimum Gasteiger partial charge on any atom is -0.354 e. The van der Waals surface area contributed by atoms with Crippen molar-refractivity contribution in [2.75, 3.05) is 0 Å². The van der Waals surface area contributed by atoms with Crippen molar-refractivity contribution in [1.82, 2.24) is 4.98 Å². The number of aromatic nitrogens is 1. The van der Waals surface area contributed by atoms with Crippen LogP contribution in [-0.2, 0) is 0 Å². The lowest BCUT2D eigenvalue weighted by molar-refractivity contribution is -0.384. The average Bonchev–Trinajstić information content (AvgIpc) is 2.93. The maximum absolute atomic E-state index is 11.0. The second-order valence-electron chi connectivity index (χ2n) is 5.21. The fourth-order valence-electron chi connectivity index (χ4n) is 2.90. The average molecular weight is 288 g/mol. The monoisotopic (exact) mass is 288 g/mol. The molecule has 0 saturated carbocycles. The molecule has 106 valence electrons. The molecule has 4 nitrogen and oxygen atoms in total. The molecule has 0 saturated heterocycles. The Balaban J connectivity index is 2.03. The Morgan fingerprint density at radius 1 is 0.864 bits per heavy atom. The highest BCUT2D eigenvalue weighted by atomic mass is 16.6. The van der Waals surface area contributed by atoms with Crippen LogP contribution in [0.3, 0.4) is 0 Å². The number of non-ortho nitro benzene ring substituents is 1. The lowest BCUT2D eigenvalue weighted by Crippen LogP contribution is -1.88. The molecule has 0 aliphatic carbocycles. The van der Waals surface area contributed by atoms with Crippen molar-refractivity contribution in [2.24, 2.45) is 0 Å². The highest BCUT2D eigenvalue weighted by Gasteiger charge is 2.12. The van der Waals surface area contributed by atoms with E-state index in [0.29, 0.717) is 0 Å². The van der Waals surface area contributed by atoms with Gasteiger partial charge in [0.2, 0.25) is 0 Å². The SMILES string of the molecule is O=[N+]([O-])c1cccc(-c2cccc3c2[nH]c2ccccc23)c1. The highest BCUT2D eigenvalue weighted by Crippen LogP contribution is 2.34. The summed E-state index contributed by atoms with van der Waals surface area (Å²) >= 11 is 0. The molecule has 4 aromatic rings.